The number of benzene rings is 1. The van der Waals surface area contributed by atoms with E-state index in [1.807, 2.05) is 0 Å². The lowest BCUT2D eigenvalue weighted by atomic mass is 9.93. The number of urea groups is 1. The molecule has 214 valence electrons. The number of hydrogen-bond acceptors (Lipinski definition) is 7. The largest absolute Gasteiger partial charge is 0.573 e. The Balaban J connectivity index is 1.22. The first-order chi connectivity index (χ1) is 19.0. The number of hydrogen-bond donors (Lipinski definition) is 3. The molecule has 0 radical (unpaired) electrons. The van der Waals surface area contributed by atoms with E-state index in [1.54, 1.807) is 0 Å². The molecule has 1 saturated carbocycles. The van der Waals surface area contributed by atoms with Gasteiger partial charge in [0.05, 0.1) is 12.7 Å². The summed E-state index contributed by atoms with van der Waals surface area (Å²) in [7, 11) is 0. The number of rotatable bonds is 11. The number of nitrogens with zero attached hydrogens (tertiary/aromatic N) is 5. The van der Waals surface area contributed by atoms with Gasteiger partial charge in [-0.1, -0.05) is 17.3 Å². The van der Waals surface area contributed by atoms with E-state index in [2.05, 4.69) is 36.0 Å². The highest BCUT2D eigenvalue weighted by molar-refractivity contribution is 5.91. The molecule has 3 amide bonds. The van der Waals surface area contributed by atoms with Crippen molar-refractivity contribution in [1.82, 2.24) is 35.2 Å². The highest BCUT2D eigenvalue weighted by atomic mass is 19.4. The van der Waals surface area contributed by atoms with Gasteiger partial charge in [0.25, 0.3) is 5.91 Å². The summed E-state index contributed by atoms with van der Waals surface area (Å²) in [6, 6.07) is 6.26. The van der Waals surface area contributed by atoms with Gasteiger partial charge < -0.3 is 15.4 Å². The number of aromatic nitrogens is 5. The van der Waals surface area contributed by atoms with E-state index in [0.29, 0.717) is 5.56 Å². The van der Waals surface area contributed by atoms with E-state index < -0.39 is 35.9 Å². The molecule has 3 aromatic rings. The zero-order chi connectivity index (χ0) is 28.7. The summed E-state index contributed by atoms with van der Waals surface area (Å²) in [6.07, 6.45) is -0.806. The molecule has 1 atom stereocenters. The van der Waals surface area contributed by atoms with Gasteiger partial charge >= 0.3 is 18.1 Å². The molecule has 3 N–H and O–H groups in total. The number of nitrogens with one attached hydrogen (secondary N) is 3. The van der Waals surface area contributed by atoms with Crippen molar-refractivity contribution in [2.75, 3.05) is 5.32 Å². The van der Waals surface area contributed by atoms with Crippen LogP contribution in [0, 0.1) is 0 Å². The maximum Gasteiger partial charge on any atom is 0.573 e. The standard InChI is InChI=1S/C24H26F4N8O4/c25-16(7-9-35-10-8-20(32-23(35)39)31-22(38)30-17-4-2-5-17)13-36-14-19(33-34-36)21(37)29-12-15-3-1-6-18(11-15)40-24(26,27)28/h1,3,6,8,10-11,14,16-17H,2,4-5,7,9,12-13H2,(H,29,37)(H2,30,31,32,38,39). The second-order valence-corrected chi connectivity index (χ2v) is 9.10. The van der Waals surface area contributed by atoms with Crippen molar-refractivity contribution in [2.45, 2.75) is 63.9 Å². The molecular weight excluding hydrogens is 540 g/mol. The summed E-state index contributed by atoms with van der Waals surface area (Å²) >= 11 is 0. The number of alkyl halides is 4. The molecule has 1 unspecified atom stereocenters. The van der Waals surface area contributed by atoms with Crippen molar-refractivity contribution in [2.24, 2.45) is 0 Å². The first-order valence-electron chi connectivity index (χ1n) is 12.4. The average molecular weight is 567 g/mol. The molecule has 0 saturated heterocycles. The number of carbonyl (C=O) groups is 2. The van der Waals surface area contributed by atoms with Gasteiger partial charge in [-0.25, -0.2) is 18.7 Å². The highest BCUT2D eigenvalue weighted by Gasteiger charge is 2.31. The molecule has 1 fully saturated rings. The van der Waals surface area contributed by atoms with Gasteiger partial charge in [0.15, 0.2) is 5.69 Å². The Morgan fingerprint density at radius 3 is 2.70 bits per heavy atom. The predicted octanol–water partition coefficient (Wildman–Crippen LogP) is 2.77. The maximum atomic E-state index is 14.6. The minimum atomic E-state index is -4.84. The monoisotopic (exact) mass is 566 g/mol. The van der Waals surface area contributed by atoms with Crippen molar-refractivity contribution in [3.05, 3.63) is 64.5 Å². The molecule has 16 heteroatoms. The van der Waals surface area contributed by atoms with Crippen LogP contribution < -0.4 is 26.4 Å². The number of amides is 3. The molecule has 2 heterocycles. The second-order valence-electron chi connectivity index (χ2n) is 9.10. The van der Waals surface area contributed by atoms with Crippen LogP contribution in [0.25, 0.3) is 0 Å². The zero-order valence-corrected chi connectivity index (χ0v) is 21.0. The Morgan fingerprint density at radius 1 is 1.20 bits per heavy atom. The van der Waals surface area contributed by atoms with E-state index >= 15 is 0 Å². The van der Waals surface area contributed by atoms with E-state index in [9.17, 15) is 31.9 Å². The number of ether oxygens (including phenoxy) is 1. The van der Waals surface area contributed by atoms with Crippen LogP contribution in [0.1, 0.15) is 41.7 Å². The van der Waals surface area contributed by atoms with E-state index in [-0.39, 0.29) is 43.6 Å². The molecule has 2 aromatic heterocycles. The smallest absolute Gasteiger partial charge is 0.406 e. The SMILES string of the molecule is O=C(Nc1ccn(CCC(F)Cn2cc(C(=O)NCc3cccc(OC(F)(F)F)c3)nn2)c(=O)n1)NC1CCC1. The van der Waals surface area contributed by atoms with Gasteiger partial charge in [-0.2, -0.15) is 4.98 Å². The Kier molecular flexibility index (Phi) is 8.96. The van der Waals surface area contributed by atoms with Crippen LogP contribution in [0.2, 0.25) is 0 Å². The average Bonchev–Trinajstić information content (AvgIpc) is 3.32. The minimum absolute atomic E-state index is 0.0146. The van der Waals surface area contributed by atoms with Gasteiger partial charge in [0.2, 0.25) is 0 Å². The molecule has 0 spiro atoms. The van der Waals surface area contributed by atoms with Crippen molar-refractivity contribution >= 4 is 17.8 Å². The lowest BCUT2D eigenvalue weighted by molar-refractivity contribution is -0.274. The van der Waals surface area contributed by atoms with E-state index in [4.69, 9.17) is 0 Å². The van der Waals surface area contributed by atoms with Crippen LogP contribution >= 0.6 is 0 Å². The number of anilines is 1. The second kappa shape index (κ2) is 12.6. The highest BCUT2D eigenvalue weighted by Crippen LogP contribution is 2.23. The Bertz CT molecular complexity index is 1390. The van der Waals surface area contributed by atoms with Crippen LogP contribution in [0.5, 0.6) is 5.75 Å². The number of aryl methyl sites for hydroxylation is 1. The van der Waals surface area contributed by atoms with E-state index in [1.165, 1.54) is 35.2 Å². The molecule has 1 aliphatic rings. The summed E-state index contributed by atoms with van der Waals surface area (Å²) in [4.78, 5) is 40.3. The summed E-state index contributed by atoms with van der Waals surface area (Å²) in [5.74, 6) is -0.987. The van der Waals surface area contributed by atoms with Crippen molar-refractivity contribution in [1.29, 1.82) is 0 Å². The number of halogens is 4. The molecule has 4 rings (SSSR count). The molecule has 1 aliphatic carbocycles. The topological polar surface area (TPSA) is 145 Å². The Hall–Kier alpha value is -4.50. The molecule has 1 aromatic carbocycles. The van der Waals surface area contributed by atoms with Crippen molar-refractivity contribution < 1.29 is 31.9 Å². The third-order valence-electron chi connectivity index (χ3n) is 5.98. The third-order valence-corrected chi connectivity index (χ3v) is 5.98. The normalized spacial score (nSPS) is 14.2. The van der Waals surface area contributed by atoms with E-state index in [0.717, 1.165) is 36.1 Å². The Morgan fingerprint density at radius 2 is 2.00 bits per heavy atom. The van der Waals surface area contributed by atoms with Gasteiger partial charge in [0.1, 0.15) is 17.7 Å². The lowest BCUT2D eigenvalue weighted by Crippen LogP contribution is -2.42. The molecule has 0 aliphatic heterocycles. The maximum absolute atomic E-state index is 14.6. The summed E-state index contributed by atoms with van der Waals surface area (Å²) in [6.45, 7) is -0.324. The molecule has 40 heavy (non-hydrogen) atoms. The fourth-order valence-electron chi connectivity index (χ4n) is 3.75. The Labute approximate surface area is 224 Å². The van der Waals surface area contributed by atoms with Crippen LogP contribution in [0.3, 0.4) is 0 Å². The van der Waals surface area contributed by atoms with Gasteiger partial charge in [0, 0.05) is 25.3 Å². The minimum Gasteiger partial charge on any atom is -0.406 e. The van der Waals surface area contributed by atoms with Gasteiger partial charge in [-0.3, -0.25) is 14.7 Å². The van der Waals surface area contributed by atoms with Crippen LogP contribution in [-0.4, -0.2) is 55.1 Å². The zero-order valence-electron chi connectivity index (χ0n) is 21.0. The number of carbonyl (C=O) groups excluding carboxylic acids is 2. The molecular formula is C24H26F4N8O4. The quantitative estimate of drug-likeness (QED) is 0.303. The third kappa shape index (κ3) is 8.51. The molecule has 12 nitrogen and oxygen atoms in total. The summed E-state index contributed by atoms with van der Waals surface area (Å²) in [5.41, 5.74) is -0.402. The first kappa shape index (κ1) is 28.5. The van der Waals surface area contributed by atoms with Crippen molar-refractivity contribution in [3.8, 4) is 5.75 Å². The first-order valence-corrected chi connectivity index (χ1v) is 12.4. The summed E-state index contributed by atoms with van der Waals surface area (Å²) in [5, 5.41) is 15.2. The lowest BCUT2D eigenvalue weighted by Gasteiger charge is -2.26. The summed E-state index contributed by atoms with van der Waals surface area (Å²) < 4.78 is 57.9. The molecule has 0 bridgehead atoms. The van der Waals surface area contributed by atoms with Crippen LogP contribution in [0.15, 0.2) is 47.5 Å². The van der Waals surface area contributed by atoms with Crippen molar-refractivity contribution in [3.63, 3.8) is 0 Å². The van der Waals surface area contributed by atoms with Crippen LogP contribution in [-0.2, 0) is 19.6 Å². The van der Waals surface area contributed by atoms with Gasteiger partial charge in [-0.05, 0) is 49.4 Å². The fraction of sp³-hybridized carbons (Fsp3) is 0.417. The van der Waals surface area contributed by atoms with Crippen LogP contribution in [0.4, 0.5) is 28.2 Å². The predicted molar refractivity (Wildman–Crippen MR) is 132 cm³/mol. The van der Waals surface area contributed by atoms with Gasteiger partial charge in [-0.15, -0.1) is 18.3 Å². The fourth-order valence-corrected chi connectivity index (χ4v) is 3.75.